The molecule has 2 bridgehead atoms. The molecule has 1 nitrogen and oxygen atoms in total. The molecule has 0 aliphatic carbocycles. The Labute approximate surface area is 85.8 Å². The second-order valence-electron chi connectivity index (χ2n) is 4.60. The molecule has 0 amide bonds. The summed E-state index contributed by atoms with van der Waals surface area (Å²) in [7, 11) is 0. The monoisotopic (exact) mass is 187 g/mol. The van der Waals surface area contributed by atoms with Gasteiger partial charge in [0.2, 0.25) is 0 Å². The molecule has 0 radical (unpaired) electrons. The molecule has 1 aromatic rings. The lowest BCUT2D eigenvalue weighted by molar-refractivity contribution is 0.473. The molecule has 0 atom stereocenters. The van der Waals surface area contributed by atoms with Gasteiger partial charge in [-0.25, -0.2) is 0 Å². The van der Waals surface area contributed by atoms with E-state index >= 15 is 0 Å². The van der Waals surface area contributed by atoms with E-state index in [1.54, 1.807) is 0 Å². The fourth-order valence-corrected chi connectivity index (χ4v) is 1.93. The van der Waals surface area contributed by atoms with E-state index in [9.17, 15) is 0 Å². The smallest absolute Gasteiger partial charge is 0.0316 e. The van der Waals surface area contributed by atoms with Crippen molar-refractivity contribution < 1.29 is 0 Å². The Morgan fingerprint density at radius 3 is 2.86 bits per heavy atom. The van der Waals surface area contributed by atoms with E-state index in [1.165, 1.54) is 16.7 Å². The van der Waals surface area contributed by atoms with E-state index in [0.29, 0.717) is 0 Å². The molecule has 1 heteroatoms. The molecule has 1 aromatic carbocycles. The van der Waals surface area contributed by atoms with Crippen molar-refractivity contribution in [2.75, 3.05) is 0 Å². The van der Waals surface area contributed by atoms with Crippen molar-refractivity contribution in [1.82, 2.24) is 5.32 Å². The maximum Gasteiger partial charge on any atom is 0.0316 e. The van der Waals surface area contributed by atoms with Crippen LogP contribution in [-0.2, 0) is 6.54 Å². The Morgan fingerprint density at radius 1 is 1.29 bits per heavy atom. The molecule has 1 aliphatic heterocycles. The van der Waals surface area contributed by atoms with Gasteiger partial charge in [-0.3, -0.25) is 0 Å². The van der Waals surface area contributed by atoms with Gasteiger partial charge in [0, 0.05) is 12.1 Å². The highest BCUT2D eigenvalue weighted by Gasteiger charge is 2.16. The number of hydrogen-bond acceptors (Lipinski definition) is 1. The molecule has 1 heterocycles. The lowest BCUT2D eigenvalue weighted by Crippen LogP contribution is -2.37. The van der Waals surface area contributed by atoms with Gasteiger partial charge in [-0.1, -0.05) is 30.3 Å². The summed E-state index contributed by atoms with van der Waals surface area (Å²) in [5, 5.41) is 3.52. The topological polar surface area (TPSA) is 12.0 Å². The fraction of sp³-hybridized carbons (Fsp3) is 0.385. The number of nitrogens with one attached hydrogen (secondary N) is 1. The van der Waals surface area contributed by atoms with Crippen LogP contribution in [0.5, 0.6) is 0 Å². The van der Waals surface area contributed by atoms with Crippen LogP contribution in [-0.4, -0.2) is 5.54 Å². The van der Waals surface area contributed by atoms with Crippen LogP contribution in [0.15, 0.2) is 30.3 Å². The van der Waals surface area contributed by atoms with Gasteiger partial charge in [-0.2, -0.15) is 0 Å². The maximum absolute atomic E-state index is 3.52. The van der Waals surface area contributed by atoms with E-state index in [0.717, 1.165) is 6.54 Å². The Kier molecular flexibility index (Phi) is 2.20. The Balaban J connectivity index is 2.50. The zero-order valence-electron chi connectivity index (χ0n) is 9.09. The minimum atomic E-state index is 0.0911. The molecule has 0 unspecified atom stereocenters. The molecule has 14 heavy (non-hydrogen) atoms. The van der Waals surface area contributed by atoms with Crippen LogP contribution in [0.25, 0.3) is 5.57 Å². The van der Waals surface area contributed by atoms with Gasteiger partial charge in [-0.15, -0.1) is 0 Å². The standard InChI is InChI=1S/C13H17N/c1-10-8-13(2,3)14-9-11-5-4-6-12(10)7-11/h4-8,14H,9H2,1-3H3/b10-8-. The summed E-state index contributed by atoms with van der Waals surface area (Å²) in [5.41, 5.74) is 4.15. The van der Waals surface area contributed by atoms with Gasteiger partial charge in [0.05, 0.1) is 0 Å². The van der Waals surface area contributed by atoms with Gasteiger partial charge in [0.25, 0.3) is 0 Å². The second-order valence-corrected chi connectivity index (χ2v) is 4.60. The van der Waals surface area contributed by atoms with Crippen molar-refractivity contribution in [3.63, 3.8) is 0 Å². The van der Waals surface area contributed by atoms with Crippen molar-refractivity contribution in [3.8, 4) is 0 Å². The van der Waals surface area contributed by atoms with Gasteiger partial charge >= 0.3 is 0 Å². The summed E-state index contributed by atoms with van der Waals surface area (Å²) in [4.78, 5) is 0. The maximum atomic E-state index is 3.52. The summed E-state index contributed by atoms with van der Waals surface area (Å²) in [6.07, 6.45) is 2.30. The van der Waals surface area contributed by atoms with Crippen LogP contribution in [0.3, 0.4) is 0 Å². The number of hydrogen-bond donors (Lipinski definition) is 1. The van der Waals surface area contributed by atoms with Crippen molar-refractivity contribution in [1.29, 1.82) is 0 Å². The van der Waals surface area contributed by atoms with E-state index in [-0.39, 0.29) is 5.54 Å². The molecule has 74 valence electrons. The molecular weight excluding hydrogens is 170 g/mol. The van der Waals surface area contributed by atoms with Crippen LogP contribution >= 0.6 is 0 Å². The first kappa shape index (κ1) is 9.47. The summed E-state index contributed by atoms with van der Waals surface area (Å²) < 4.78 is 0. The Hall–Kier alpha value is -1.08. The first-order valence-corrected chi connectivity index (χ1v) is 5.11. The summed E-state index contributed by atoms with van der Waals surface area (Å²) in [6.45, 7) is 7.54. The van der Waals surface area contributed by atoms with Crippen molar-refractivity contribution in [2.24, 2.45) is 0 Å². The van der Waals surface area contributed by atoms with E-state index < -0.39 is 0 Å². The average molecular weight is 187 g/mol. The molecule has 2 rings (SSSR count). The predicted octanol–water partition coefficient (Wildman–Crippen LogP) is 2.97. The van der Waals surface area contributed by atoms with Crippen molar-refractivity contribution >= 4 is 5.57 Å². The normalized spacial score (nSPS) is 23.2. The average Bonchev–Trinajstić information content (AvgIpc) is 2.14. The van der Waals surface area contributed by atoms with Crippen LogP contribution < -0.4 is 5.32 Å². The van der Waals surface area contributed by atoms with Crippen LogP contribution in [0, 0.1) is 0 Å². The summed E-state index contributed by atoms with van der Waals surface area (Å²) in [6, 6.07) is 8.73. The van der Waals surface area contributed by atoms with Crippen molar-refractivity contribution in [3.05, 3.63) is 41.5 Å². The second kappa shape index (κ2) is 3.25. The van der Waals surface area contributed by atoms with Crippen LogP contribution in [0.4, 0.5) is 0 Å². The number of benzene rings is 1. The molecule has 0 spiro atoms. The lowest BCUT2D eigenvalue weighted by Gasteiger charge is -2.26. The third-order valence-corrected chi connectivity index (χ3v) is 2.71. The highest BCUT2D eigenvalue weighted by molar-refractivity contribution is 5.65. The zero-order chi connectivity index (χ0) is 10.2. The Bertz CT molecular complexity index is 375. The molecule has 1 N–H and O–H groups in total. The largest absolute Gasteiger partial charge is 0.304 e. The SMILES string of the molecule is C/C1=C/C(C)(C)NCc2cccc1c2. The quantitative estimate of drug-likeness (QED) is 0.658. The third kappa shape index (κ3) is 1.88. The summed E-state index contributed by atoms with van der Waals surface area (Å²) >= 11 is 0. The molecule has 0 aromatic heterocycles. The lowest BCUT2D eigenvalue weighted by atomic mass is 9.94. The predicted molar refractivity (Wildman–Crippen MR) is 61.0 cm³/mol. The van der Waals surface area contributed by atoms with Crippen molar-refractivity contribution in [2.45, 2.75) is 32.9 Å². The Morgan fingerprint density at radius 2 is 2.07 bits per heavy atom. The highest BCUT2D eigenvalue weighted by atomic mass is 14.9. The molecule has 1 aliphatic rings. The van der Waals surface area contributed by atoms with Gasteiger partial charge in [0.1, 0.15) is 0 Å². The number of rotatable bonds is 0. The first-order valence-electron chi connectivity index (χ1n) is 5.11. The van der Waals surface area contributed by atoms with Gasteiger partial charge in [0.15, 0.2) is 0 Å². The molecule has 0 saturated carbocycles. The molecule has 0 fully saturated rings. The van der Waals surface area contributed by atoms with Gasteiger partial charge in [-0.05, 0) is 37.5 Å². The first-order chi connectivity index (χ1) is 6.57. The third-order valence-electron chi connectivity index (χ3n) is 2.71. The van der Waals surface area contributed by atoms with Crippen LogP contribution in [0.1, 0.15) is 31.9 Å². The number of fused-ring (bicyclic) bond motifs is 2. The van der Waals surface area contributed by atoms with Gasteiger partial charge < -0.3 is 5.32 Å². The minimum Gasteiger partial charge on any atom is -0.304 e. The van der Waals surface area contributed by atoms with E-state index in [1.807, 2.05) is 0 Å². The van der Waals surface area contributed by atoms with E-state index in [2.05, 4.69) is 56.4 Å². The molecule has 0 saturated heterocycles. The van der Waals surface area contributed by atoms with Crippen LogP contribution in [0.2, 0.25) is 0 Å². The fourth-order valence-electron chi connectivity index (χ4n) is 1.93. The highest BCUT2D eigenvalue weighted by Crippen LogP contribution is 2.22. The summed E-state index contributed by atoms with van der Waals surface area (Å²) in [5.74, 6) is 0. The molecular formula is C13H17N. The minimum absolute atomic E-state index is 0.0911. The number of allylic oxidation sites excluding steroid dienone is 1. The van der Waals surface area contributed by atoms with E-state index in [4.69, 9.17) is 0 Å². The zero-order valence-corrected chi connectivity index (χ0v) is 9.09.